The molecule has 1 atom stereocenters. The van der Waals surface area contributed by atoms with Crippen LogP contribution in [0.15, 0.2) is 59.4 Å². The predicted molar refractivity (Wildman–Crippen MR) is 109 cm³/mol. The molecule has 0 bridgehead atoms. The van der Waals surface area contributed by atoms with Crippen LogP contribution >= 0.6 is 7.52 Å². The van der Waals surface area contributed by atoms with E-state index in [0.717, 1.165) is 12.1 Å². The Morgan fingerprint density at radius 2 is 1.70 bits per heavy atom. The van der Waals surface area contributed by atoms with Crippen LogP contribution in [0.4, 0.5) is 5.69 Å². The Balaban J connectivity index is 1.90. The third-order valence-corrected chi connectivity index (χ3v) is 5.67. The number of hydrogen-bond acceptors (Lipinski definition) is 3. The van der Waals surface area contributed by atoms with Gasteiger partial charge in [-0.25, -0.2) is 4.68 Å². The van der Waals surface area contributed by atoms with Crippen molar-refractivity contribution in [3.8, 4) is 11.4 Å². The average molecular weight is 385 g/mol. The van der Waals surface area contributed by atoms with Crippen molar-refractivity contribution in [3.05, 3.63) is 76.2 Å². The third kappa shape index (κ3) is 4.01. The number of anilines is 1. The molecule has 6 nitrogen and oxygen atoms in total. The van der Waals surface area contributed by atoms with Gasteiger partial charge < -0.3 is 4.52 Å². The summed E-state index contributed by atoms with van der Waals surface area (Å²) in [4.78, 5) is 12.9. The van der Waals surface area contributed by atoms with Gasteiger partial charge in [-0.1, -0.05) is 37.3 Å². The zero-order valence-electron chi connectivity index (χ0n) is 16.0. The van der Waals surface area contributed by atoms with Gasteiger partial charge in [0.25, 0.3) is 5.56 Å². The van der Waals surface area contributed by atoms with Crippen LogP contribution in [0, 0.1) is 6.92 Å². The summed E-state index contributed by atoms with van der Waals surface area (Å²) in [5, 5.41) is 2.84. The third-order valence-electron chi connectivity index (χ3n) is 4.48. The topological polar surface area (TPSA) is 65.3 Å². The molecule has 1 aromatic heterocycles. The molecular weight excluding hydrogens is 361 g/mol. The molecule has 3 rings (SSSR count). The van der Waals surface area contributed by atoms with E-state index in [9.17, 15) is 9.36 Å². The van der Waals surface area contributed by atoms with Gasteiger partial charge in [0.2, 0.25) is 0 Å². The van der Waals surface area contributed by atoms with Crippen LogP contribution in [0.5, 0.6) is 5.75 Å². The van der Waals surface area contributed by atoms with E-state index in [4.69, 9.17) is 4.52 Å². The molecule has 0 saturated heterocycles. The Kier molecular flexibility index (Phi) is 5.29. The van der Waals surface area contributed by atoms with E-state index in [2.05, 4.69) is 12.0 Å². The van der Waals surface area contributed by atoms with Crippen molar-refractivity contribution in [3.63, 3.8) is 0 Å². The number of rotatable bonds is 6. The molecule has 0 radical (unpaired) electrons. The van der Waals surface area contributed by atoms with Gasteiger partial charge in [-0.05, 0) is 43.2 Å². The van der Waals surface area contributed by atoms with Gasteiger partial charge in [0.15, 0.2) is 0 Å². The monoisotopic (exact) mass is 385 g/mol. The summed E-state index contributed by atoms with van der Waals surface area (Å²) >= 11 is 0. The molecule has 1 N–H and O–H groups in total. The van der Waals surface area contributed by atoms with Gasteiger partial charge in [-0.3, -0.25) is 19.1 Å². The van der Waals surface area contributed by atoms with Crippen LogP contribution in [-0.2, 0) is 18.0 Å². The first kappa shape index (κ1) is 19.1. The minimum absolute atomic E-state index is 0.270. The first-order chi connectivity index (χ1) is 12.8. The highest BCUT2D eigenvalue weighted by atomic mass is 31.2. The normalized spacial score (nSPS) is 13.2. The highest BCUT2D eigenvalue weighted by Gasteiger charge is 2.24. The summed E-state index contributed by atoms with van der Waals surface area (Å²) in [5.74, 6) is 0.502. The zero-order chi connectivity index (χ0) is 19.6. The van der Waals surface area contributed by atoms with E-state index >= 15 is 0 Å². The first-order valence-electron chi connectivity index (χ1n) is 8.80. The lowest BCUT2D eigenvalue weighted by Gasteiger charge is -2.16. The van der Waals surface area contributed by atoms with Crippen molar-refractivity contribution in [2.24, 2.45) is 7.05 Å². The van der Waals surface area contributed by atoms with Crippen molar-refractivity contribution in [1.29, 1.82) is 0 Å². The lowest BCUT2D eigenvalue weighted by molar-refractivity contribution is 0.493. The number of nitrogens with one attached hydrogen (secondary N) is 1. The number of benzene rings is 2. The summed E-state index contributed by atoms with van der Waals surface area (Å²) < 4.78 is 21.9. The molecular formula is C20H24N3O3P. The average Bonchev–Trinajstić information content (AvgIpc) is 2.86. The fourth-order valence-corrected chi connectivity index (χ4v) is 4.14. The summed E-state index contributed by atoms with van der Waals surface area (Å²) in [6, 6.07) is 16.8. The fraction of sp³-hybridized carbons (Fsp3) is 0.250. The minimum atomic E-state index is -3.29. The van der Waals surface area contributed by atoms with Crippen LogP contribution in [0.3, 0.4) is 0 Å². The molecule has 2 aromatic carbocycles. The zero-order valence-corrected chi connectivity index (χ0v) is 16.9. The second-order valence-corrected chi connectivity index (χ2v) is 8.58. The smallest absolute Gasteiger partial charge is 0.338 e. The van der Waals surface area contributed by atoms with Crippen molar-refractivity contribution in [2.75, 3.05) is 11.8 Å². The van der Waals surface area contributed by atoms with Gasteiger partial charge >= 0.3 is 7.52 Å². The van der Waals surface area contributed by atoms with E-state index < -0.39 is 7.52 Å². The number of aromatic nitrogens is 2. The largest absolute Gasteiger partial charge is 0.429 e. The predicted octanol–water partition coefficient (Wildman–Crippen LogP) is 4.36. The lowest BCUT2D eigenvalue weighted by atomic mass is 10.2. The van der Waals surface area contributed by atoms with Gasteiger partial charge in [-0.15, -0.1) is 0 Å². The minimum Gasteiger partial charge on any atom is -0.429 e. The Hall–Kier alpha value is -2.72. The molecule has 1 heterocycles. The van der Waals surface area contributed by atoms with Crippen molar-refractivity contribution >= 4 is 13.2 Å². The van der Waals surface area contributed by atoms with Gasteiger partial charge in [-0.2, -0.15) is 0 Å². The molecule has 0 unspecified atom stereocenters. The van der Waals surface area contributed by atoms with E-state index in [1.54, 1.807) is 30.8 Å². The van der Waals surface area contributed by atoms with E-state index in [1.807, 2.05) is 42.5 Å². The second kappa shape index (κ2) is 7.49. The fourth-order valence-electron chi connectivity index (χ4n) is 2.91. The highest BCUT2D eigenvalue weighted by Crippen LogP contribution is 2.43. The molecule has 0 fully saturated rings. The van der Waals surface area contributed by atoms with Crippen LogP contribution in [0.25, 0.3) is 5.69 Å². The molecule has 7 heteroatoms. The quantitative estimate of drug-likeness (QED) is 0.641. The van der Waals surface area contributed by atoms with Crippen LogP contribution < -0.4 is 15.2 Å². The molecule has 0 aliphatic carbocycles. The van der Waals surface area contributed by atoms with E-state index in [0.29, 0.717) is 11.4 Å². The van der Waals surface area contributed by atoms with Crippen molar-refractivity contribution in [1.82, 2.24) is 9.36 Å². The number of para-hydroxylation sites is 1. The Bertz CT molecular complexity index is 1040. The molecule has 0 aliphatic heterocycles. The van der Waals surface area contributed by atoms with Gasteiger partial charge in [0.05, 0.1) is 11.4 Å². The van der Waals surface area contributed by atoms with Crippen LogP contribution in [0.2, 0.25) is 0 Å². The summed E-state index contributed by atoms with van der Waals surface area (Å²) in [5.41, 5.74) is 2.59. The molecule has 27 heavy (non-hydrogen) atoms. The van der Waals surface area contributed by atoms with Gasteiger partial charge in [0.1, 0.15) is 11.4 Å². The number of hydrogen-bond donors (Lipinski definition) is 1. The number of nitrogens with zero attached hydrogens (tertiary/aromatic N) is 2. The standard InChI is InChI=1S/C20H24N3O3P/c1-5-16-11-13-18(14-12-16)26-27(4,25)21-19-15(2)22(3)23(20(19)24)17-9-7-6-8-10-17/h6-14H,5H2,1-4H3,(H,21,25)/t27-/m0/s1. The molecule has 3 aromatic rings. The Morgan fingerprint density at radius 3 is 2.30 bits per heavy atom. The molecule has 142 valence electrons. The SMILES string of the molecule is CCc1ccc(O[P@](C)(=O)Nc2c(C)n(C)n(-c3ccccc3)c2=O)cc1. The molecule has 0 aliphatic rings. The summed E-state index contributed by atoms with van der Waals surface area (Å²) in [7, 11) is -1.50. The Morgan fingerprint density at radius 1 is 1.07 bits per heavy atom. The maximum Gasteiger partial charge on any atom is 0.338 e. The van der Waals surface area contributed by atoms with Gasteiger partial charge in [0, 0.05) is 13.7 Å². The molecule has 0 amide bonds. The maximum absolute atomic E-state index is 13.0. The lowest BCUT2D eigenvalue weighted by Crippen LogP contribution is -2.20. The first-order valence-corrected chi connectivity index (χ1v) is 10.9. The molecule has 0 saturated carbocycles. The summed E-state index contributed by atoms with van der Waals surface area (Å²) in [6.45, 7) is 5.34. The Labute approximate surface area is 158 Å². The van der Waals surface area contributed by atoms with Crippen molar-refractivity contribution in [2.45, 2.75) is 20.3 Å². The second-order valence-electron chi connectivity index (χ2n) is 6.48. The van der Waals surface area contributed by atoms with E-state index in [-0.39, 0.29) is 11.2 Å². The number of aryl methyl sites for hydroxylation is 1. The van der Waals surface area contributed by atoms with Crippen LogP contribution in [0.1, 0.15) is 18.2 Å². The van der Waals surface area contributed by atoms with Crippen LogP contribution in [-0.4, -0.2) is 16.0 Å². The highest BCUT2D eigenvalue weighted by molar-refractivity contribution is 7.60. The van der Waals surface area contributed by atoms with E-state index in [1.165, 1.54) is 16.9 Å². The molecule has 0 spiro atoms. The summed E-state index contributed by atoms with van der Waals surface area (Å²) in [6.07, 6.45) is 0.921. The maximum atomic E-state index is 13.0. The van der Waals surface area contributed by atoms with Crippen molar-refractivity contribution < 1.29 is 9.09 Å².